The Bertz CT molecular complexity index is 956. The molecule has 142 valence electrons. The van der Waals surface area contributed by atoms with Crippen molar-refractivity contribution in [1.82, 2.24) is 4.90 Å². The van der Waals surface area contributed by atoms with Crippen LogP contribution in [0.2, 0.25) is 0 Å². The van der Waals surface area contributed by atoms with Gasteiger partial charge < -0.3 is 14.1 Å². The van der Waals surface area contributed by atoms with Gasteiger partial charge in [0.05, 0.1) is 13.1 Å². The van der Waals surface area contributed by atoms with Crippen molar-refractivity contribution in [3.8, 4) is 5.75 Å². The third-order valence-electron chi connectivity index (χ3n) is 4.14. The van der Waals surface area contributed by atoms with Gasteiger partial charge in [0.15, 0.2) is 5.76 Å². The highest BCUT2D eigenvalue weighted by atomic mass is 32.1. The highest BCUT2D eigenvalue weighted by Crippen LogP contribution is 2.21. The Hall–Kier alpha value is -2.83. The molecule has 0 spiro atoms. The maximum Gasteiger partial charge on any atom is 0.290 e. The van der Waals surface area contributed by atoms with Gasteiger partial charge in [0, 0.05) is 9.75 Å². The fourth-order valence-corrected chi connectivity index (χ4v) is 4.22. The van der Waals surface area contributed by atoms with E-state index in [0.717, 1.165) is 15.5 Å². The van der Waals surface area contributed by atoms with Crippen molar-refractivity contribution >= 4 is 28.6 Å². The molecule has 4 nitrogen and oxygen atoms in total. The Balaban J connectivity index is 1.46. The van der Waals surface area contributed by atoms with E-state index >= 15 is 0 Å². The molecule has 28 heavy (non-hydrogen) atoms. The van der Waals surface area contributed by atoms with Crippen LogP contribution in [-0.4, -0.2) is 10.8 Å². The van der Waals surface area contributed by atoms with E-state index in [-0.39, 0.29) is 12.5 Å². The zero-order valence-corrected chi connectivity index (χ0v) is 16.7. The van der Waals surface area contributed by atoms with Crippen molar-refractivity contribution < 1.29 is 13.9 Å². The quantitative estimate of drug-likeness (QED) is 0.368. The second kappa shape index (κ2) is 8.91. The number of hydrogen-bond donors (Lipinski definition) is 0. The van der Waals surface area contributed by atoms with Crippen molar-refractivity contribution in [1.29, 1.82) is 0 Å². The van der Waals surface area contributed by atoms with Gasteiger partial charge in [-0.1, -0.05) is 30.3 Å². The van der Waals surface area contributed by atoms with Gasteiger partial charge in [-0.15, -0.1) is 22.7 Å². The van der Waals surface area contributed by atoms with E-state index in [0.29, 0.717) is 24.6 Å². The molecule has 3 heterocycles. The lowest BCUT2D eigenvalue weighted by molar-refractivity contribution is 0.0697. The standard InChI is InChI=1S/C22H19NO3S2/c24-22(21-11-10-18(26-21)16-25-17-6-2-1-3-7-17)23(14-19-8-4-12-27-19)15-20-9-5-13-28-20/h1-13H,14-16H2. The average molecular weight is 410 g/mol. The summed E-state index contributed by atoms with van der Waals surface area (Å²) in [6.07, 6.45) is 0. The summed E-state index contributed by atoms with van der Waals surface area (Å²) >= 11 is 3.29. The normalized spacial score (nSPS) is 10.7. The molecule has 4 aromatic rings. The molecule has 4 rings (SSSR count). The minimum absolute atomic E-state index is 0.118. The van der Waals surface area contributed by atoms with Crippen LogP contribution in [0.3, 0.4) is 0 Å². The number of carbonyl (C=O) groups excluding carboxylic acids is 1. The molecule has 0 unspecified atom stereocenters. The Kier molecular flexibility index (Phi) is 5.89. The van der Waals surface area contributed by atoms with Crippen LogP contribution >= 0.6 is 22.7 Å². The van der Waals surface area contributed by atoms with Crippen LogP contribution in [0.5, 0.6) is 5.75 Å². The van der Waals surface area contributed by atoms with Gasteiger partial charge in [0.2, 0.25) is 0 Å². The molecule has 0 saturated heterocycles. The zero-order chi connectivity index (χ0) is 19.2. The monoisotopic (exact) mass is 409 g/mol. The summed E-state index contributed by atoms with van der Waals surface area (Å²) < 4.78 is 11.5. The van der Waals surface area contributed by atoms with Gasteiger partial charge in [-0.05, 0) is 47.2 Å². The Morgan fingerprint density at radius 1 is 0.857 bits per heavy atom. The lowest BCUT2D eigenvalue weighted by atomic mass is 10.3. The summed E-state index contributed by atoms with van der Waals surface area (Å²) in [6.45, 7) is 1.41. The summed E-state index contributed by atoms with van der Waals surface area (Å²) in [5.74, 6) is 1.61. The molecular weight excluding hydrogens is 390 g/mol. The first-order chi connectivity index (χ1) is 13.8. The first-order valence-electron chi connectivity index (χ1n) is 8.88. The minimum atomic E-state index is -0.118. The first-order valence-corrected chi connectivity index (χ1v) is 10.6. The highest BCUT2D eigenvalue weighted by molar-refractivity contribution is 7.10. The molecule has 1 aromatic carbocycles. The molecule has 1 amide bonds. The Morgan fingerprint density at radius 3 is 2.14 bits per heavy atom. The van der Waals surface area contributed by atoms with E-state index < -0.39 is 0 Å². The van der Waals surface area contributed by atoms with Crippen molar-refractivity contribution in [3.63, 3.8) is 0 Å². The molecule has 0 bridgehead atoms. The Morgan fingerprint density at radius 2 is 1.54 bits per heavy atom. The lowest BCUT2D eigenvalue weighted by Gasteiger charge is -2.20. The molecule has 0 saturated carbocycles. The number of carbonyl (C=O) groups is 1. The van der Waals surface area contributed by atoms with Gasteiger partial charge in [0.1, 0.15) is 18.1 Å². The van der Waals surface area contributed by atoms with Crippen molar-refractivity contribution in [2.75, 3.05) is 0 Å². The van der Waals surface area contributed by atoms with Crippen LogP contribution in [-0.2, 0) is 19.7 Å². The van der Waals surface area contributed by atoms with Crippen molar-refractivity contribution in [3.05, 3.63) is 98.8 Å². The topological polar surface area (TPSA) is 42.7 Å². The van der Waals surface area contributed by atoms with Crippen LogP contribution < -0.4 is 4.74 Å². The van der Waals surface area contributed by atoms with E-state index in [1.807, 2.05) is 70.3 Å². The summed E-state index contributed by atoms with van der Waals surface area (Å²) in [6, 6.07) is 21.1. The number of benzene rings is 1. The highest BCUT2D eigenvalue weighted by Gasteiger charge is 2.21. The number of hydrogen-bond acceptors (Lipinski definition) is 5. The number of amides is 1. The molecule has 0 atom stereocenters. The smallest absolute Gasteiger partial charge is 0.290 e. The van der Waals surface area contributed by atoms with Gasteiger partial charge in [-0.25, -0.2) is 0 Å². The van der Waals surface area contributed by atoms with E-state index in [1.165, 1.54) is 0 Å². The van der Waals surface area contributed by atoms with E-state index in [1.54, 1.807) is 34.8 Å². The van der Waals surface area contributed by atoms with Crippen molar-refractivity contribution in [2.45, 2.75) is 19.7 Å². The average Bonchev–Trinajstić information content (AvgIpc) is 3.49. The molecule has 0 N–H and O–H groups in total. The molecule has 6 heteroatoms. The zero-order valence-electron chi connectivity index (χ0n) is 15.1. The van der Waals surface area contributed by atoms with Gasteiger partial charge >= 0.3 is 0 Å². The van der Waals surface area contributed by atoms with E-state index in [9.17, 15) is 4.79 Å². The number of nitrogens with zero attached hydrogens (tertiary/aromatic N) is 1. The van der Waals surface area contributed by atoms with Crippen molar-refractivity contribution in [2.24, 2.45) is 0 Å². The van der Waals surface area contributed by atoms with Crippen LogP contribution in [0.25, 0.3) is 0 Å². The predicted molar refractivity (Wildman–Crippen MR) is 112 cm³/mol. The second-order valence-corrected chi connectivity index (χ2v) is 8.25. The predicted octanol–water partition coefficient (Wildman–Crippen LogP) is 5.82. The summed E-state index contributed by atoms with van der Waals surface area (Å²) in [5, 5.41) is 4.05. The third kappa shape index (κ3) is 4.71. The van der Waals surface area contributed by atoms with E-state index in [4.69, 9.17) is 9.15 Å². The van der Waals surface area contributed by atoms with Crippen LogP contribution in [0.4, 0.5) is 0 Å². The summed E-state index contributed by atoms with van der Waals surface area (Å²) in [5.41, 5.74) is 0. The largest absolute Gasteiger partial charge is 0.486 e. The summed E-state index contributed by atoms with van der Waals surface area (Å²) in [4.78, 5) is 17.2. The molecule has 3 aromatic heterocycles. The van der Waals surface area contributed by atoms with Crippen LogP contribution in [0.1, 0.15) is 26.1 Å². The number of thiophene rings is 2. The van der Waals surface area contributed by atoms with Crippen LogP contribution in [0, 0.1) is 0 Å². The molecule has 0 aliphatic rings. The van der Waals surface area contributed by atoms with Gasteiger partial charge in [-0.3, -0.25) is 4.79 Å². The van der Waals surface area contributed by atoms with Gasteiger partial charge in [0.25, 0.3) is 5.91 Å². The summed E-state index contributed by atoms with van der Waals surface area (Å²) in [7, 11) is 0. The number of furan rings is 1. The van der Waals surface area contributed by atoms with Gasteiger partial charge in [-0.2, -0.15) is 0 Å². The molecule has 0 aliphatic heterocycles. The second-order valence-electron chi connectivity index (χ2n) is 6.19. The third-order valence-corrected chi connectivity index (χ3v) is 5.86. The number of rotatable bonds is 8. The SMILES string of the molecule is O=C(c1ccc(COc2ccccc2)o1)N(Cc1cccs1)Cc1cccs1. The fraction of sp³-hybridized carbons (Fsp3) is 0.136. The number of ether oxygens (including phenoxy) is 1. The fourth-order valence-electron chi connectivity index (χ4n) is 2.78. The molecule has 0 fully saturated rings. The molecule has 0 aliphatic carbocycles. The maximum atomic E-state index is 13.1. The maximum absolute atomic E-state index is 13.1. The minimum Gasteiger partial charge on any atom is -0.486 e. The Labute approximate surface area is 171 Å². The van der Waals surface area contributed by atoms with Crippen LogP contribution in [0.15, 0.2) is 81.9 Å². The van der Waals surface area contributed by atoms with E-state index in [2.05, 4.69) is 0 Å². The lowest BCUT2D eigenvalue weighted by Crippen LogP contribution is -2.29. The molecular formula is C22H19NO3S2. The molecule has 0 radical (unpaired) electrons. The number of para-hydroxylation sites is 1. The first kappa shape index (κ1) is 18.5.